The Labute approximate surface area is 139 Å². The van der Waals surface area contributed by atoms with Gasteiger partial charge in [0.1, 0.15) is 0 Å². The standard InChI is InChI=1S/C16H27N3O3S/c1-5-19(6-2)23(21,22)15-9-14(8-7-13(15)4)16(20)18-11-12(3)10-17/h7-9,12H,5-6,10-11,17H2,1-4H3,(H,18,20). The lowest BCUT2D eigenvalue weighted by atomic mass is 10.1. The van der Waals surface area contributed by atoms with Gasteiger partial charge in [0, 0.05) is 25.2 Å². The van der Waals surface area contributed by atoms with Crippen molar-refractivity contribution in [2.75, 3.05) is 26.2 Å². The second-order valence-electron chi connectivity index (χ2n) is 5.62. The minimum Gasteiger partial charge on any atom is -0.352 e. The minimum absolute atomic E-state index is 0.170. The van der Waals surface area contributed by atoms with E-state index in [0.29, 0.717) is 37.3 Å². The van der Waals surface area contributed by atoms with Crippen LogP contribution in [0.4, 0.5) is 0 Å². The Bertz CT molecular complexity index is 640. The topological polar surface area (TPSA) is 92.5 Å². The van der Waals surface area contributed by atoms with Crippen molar-refractivity contribution in [2.24, 2.45) is 11.7 Å². The number of hydrogen-bond donors (Lipinski definition) is 2. The second-order valence-corrected chi connectivity index (χ2v) is 7.53. The van der Waals surface area contributed by atoms with Gasteiger partial charge in [0.05, 0.1) is 4.90 Å². The lowest BCUT2D eigenvalue weighted by molar-refractivity contribution is 0.0948. The molecule has 0 bridgehead atoms. The first kappa shape index (κ1) is 19.6. The molecule has 1 atom stereocenters. The van der Waals surface area contributed by atoms with Crippen LogP contribution in [0.2, 0.25) is 0 Å². The van der Waals surface area contributed by atoms with Crippen LogP contribution in [0, 0.1) is 12.8 Å². The molecule has 23 heavy (non-hydrogen) atoms. The molecule has 1 rings (SSSR count). The van der Waals surface area contributed by atoms with Crippen molar-refractivity contribution in [1.82, 2.24) is 9.62 Å². The molecule has 1 aromatic carbocycles. The second kappa shape index (κ2) is 8.42. The summed E-state index contributed by atoms with van der Waals surface area (Å²) in [5.41, 5.74) is 6.49. The molecule has 0 aliphatic rings. The fraction of sp³-hybridized carbons (Fsp3) is 0.562. The SMILES string of the molecule is CCN(CC)S(=O)(=O)c1cc(C(=O)NCC(C)CN)ccc1C. The Morgan fingerprint density at radius 1 is 1.30 bits per heavy atom. The Balaban J connectivity index is 3.11. The van der Waals surface area contributed by atoms with E-state index < -0.39 is 10.0 Å². The van der Waals surface area contributed by atoms with Gasteiger partial charge in [-0.25, -0.2) is 8.42 Å². The largest absolute Gasteiger partial charge is 0.352 e. The maximum Gasteiger partial charge on any atom is 0.251 e. The van der Waals surface area contributed by atoms with Crippen LogP contribution in [0.3, 0.4) is 0 Å². The van der Waals surface area contributed by atoms with E-state index in [1.807, 2.05) is 6.92 Å². The lowest BCUT2D eigenvalue weighted by Gasteiger charge is -2.20. The van der Waals surface area contributed by atoms with Crippen LogP contribution in [0.5, 0.6) is 0 Å². The highest BCUT2D eigenvalue weighted by atomic mass is 32.2. The molecular formula is C16H27N3O3S. The van der Waals surface area contributed by atoms with Crippen molar-refractivity contribution in [1.29, 1.82) is 0 Å². The number of nitrogens with one attached hydrogen (secondary N) is 1. The first-order valence-corrected chi connectivity index (χ1v) is 9.30. The highest BCUT2D eigenvalue weighted by Crippen LogP contribution is 2.21. The van der Waals surface area contributed by atoms with Crippen LogP contribution >= 0.6 is 0 Å². The van der Waals surface area contributed by atoms with E-state index in [1.165, 1.54) is 10.4 Å². The summed E-state index contributed by atoms with van der Waals surface area (Å²) in [6.07, 6.45) is 0. The molecule has 0 aliphatic heterocycles. The van der Waals surface area contributed by atoms with Gasteiger partial charge < -0.3 is 11.1 Å². The van der Waals surface area contributed by atoms with Crippen LogP contribution in [0.1, 0.15) is 36.7 Å². The summed E-state index contributed by atoms with van der Waals surface area (Å²) in [5.74, 6) is -0.121. The van der Waals surface area contributed by atoms with Gasteiger partial charge in [-0.1, -0.05) is 26.8 Å². The Morgan fingerprint density at radius 3 is 2.43 bits per heavy atom. The Hall–Kier alpha value is -1.44. The zero-order chi connectivity index (χ0) is 17.6. The quantitative estimate of drug-likeness (QED) is 0.746. The van der Waals surface area contributed by atoms with Crippen molar-refractivity contribution in [3.63, 3.8) is 0 Å². The monoisotopic (exact) mass is 341 g/mol. The van der Waals surface area contributed by atoms with Crippen LogP contribution in [0.25, 0.3) is 0 Å². The van der Waals surface area contributed by atoms with E-state index in [9.17, 15) is 13.2 Å². The third-order valence-corrected chi connectivity index (χ3v) is 5.98. The fourth-order valence-corrected chi connectivity index (χ4v) is 3.88. The molecule has 6 nitrogen and oxygen atoms in total. The highest BCUT2D eigenvalue weighted by Gasteiger charge is 2.24. The Morgan fingerprint density at radius 2 is 1.91 bits per heavy atom. The van der Waals surface area contributed by atoms with Crippen molar-refractivity contribution in [2.45, 2.75) is 32.6 Å². The van der Waals surface area contributed by atoms with Crippen LogP contribution < -0.4 is 11.1 Å². The predicted molar refractivity (Wildman–Crippen MR) is 91.8 cm³/mol. The number of carbonyl (C=O) groups is 1. The molecule has 1 aromatic rings. The normalized spacial score (nSPS) is 13.1. The molecular weight excluding hydrogens is 314 g/mol. The summed E-state index contributed by atoms with van der Waals surface area (Å²) in [6.45, 7) is 8.98. The fourth-order valence-electron chi connectivity index (χ4n) is 2.17. The number of nitrogens with zero attached hydrogens (tertiary/aromatic N) is 1. The highest BCUT2D eigenvalue weighted by molar-refractivity contribution is 7.89. The molecule has 7 heteroatoms. The number of amides is 1. The van der Waals surface area contributed by atoms with Gasteiger partial charge >= 0.3 is 0 Å². The molecule has 1 unspecified atom stereocenters. The van der Waals surface area contributed by atoms with E-state index in [2.05, 4.69) is 5.32 Å². The van der Waals surface area contributed by atoms with Gasteiger partial charge in [0.15, 0.2) is 0 Å². The number of rotatable bonds is 8. The molecule has 0 spiro atoms. The van der Waals surface area contributed by atoms with Crippen molar-refractivity contribution in [3.8, 4) is 0 Å². The molecule has 0 aliphatic carbocycles. The number of carbonyl (C=O) groups excluding carboxylic acids is 1. The smallest absolute Gasteiger partial charge is 0.251 e. The van der Waals surface area contributed by atoms with Crippen molar-refractivity contribution in [3.05, 3.63) is 29.3 Å². The van der Waals surface area contributed by atoms with E-state index in [1.54, 1.807) is 32.9 Å². The third kappa shape index (κ3) is 4.76. The van der Waals surface area contributed by atoms with E-state index >= 15 is 0 Å². The van der Waals surface area contributed by atoms with Gasteiger partial charge in [-0.3, -0.25) is 4.79 Å². The van der Waals surface area contributed by atoms with Crippen molar-refractivity contribution >= 4 is 15.9 Å². The van der Waals surface area contributed by atoms with Gasteiger partial charge in [-0.15, -0.1) is 0 Å². The molecule has 0 radical (unpaired) electrons. The van der Waals surface area contributed by atoms with Gasteiger partial charge in [-0.05, 0) is 37.1 Å². The van der Waals surface area contributed by atoms with E-state index in [0.717, 1.165) is 0 Å². The molecule has 3 N–H and O–H groups in total. The van der Waals surface area contributed by atoms with Gasteiger partial charge in [0.25, 0.3) is 5.91 Å². The summed E-state index contributed by atoms with van der Waals surface area (Å²) in [7, 11) is -3.59. The molecule has 0 heterocycles. The number of aryl methyl sites for hydroxylation is 1. The third-order valence-electron chi connectivity index (χ3n) is 3.79. The molecule has 130 valence electrons. The molecule has 0 aromatic heterocycles. The van der Waals surface area contributed by atoms with Crippen molar-refractivity contribution < 1.29 is 13.2 Å². The summed E-state index contributed by atoms with van der Waals surface area (Å²) in [6, 6.07) is 4.75. The maximum absolute atomic E-state index is 12.7. The van der Waals surface area contributed by atoms with Gasteiger partial charge in [0.2, 0.25) is 10.0 Å². The molecule has 0 fully saturated rings. The van der Waals surface area contributed by atoms with Crippen LogP contribution in [0.15, 0.2) is 23.1 Å². The molecule has 0 saturated carbocycles. The average molecular weight is 341 g/mol. The molecule has 0 saturated heterocycles. The first-order valence-electron chi connectivity index (χ1n) is 7.86. The summed E-state index contributed by atoms with van der Waals surface area (Å²) >= 11 is 0. The average Bonchev–Trinajstić information content (AvgIpc) is 2.53. The van der Waals surface area contributed by atoms with Crippen LogP contribution in [-0.2, 0) is 10.0 Å². The minimum atomic E-state index is -3.59. The van der Waals surface area contributed by atoms with E-state index in [4.69, 9.17) is 5.73 Å². The van der Waals surface area contributed by atoms with Gasteiger partial charge in [-0.2, -0.15) is 4.31 Å². The number of nitrogens with two attached hydrogens (primary N) is 1. The zero-order valence-corrected chi connectivity index (χ0v) is 15.1. The number of hydrogen-bond acceptors (Lipinski definition) is 4. The van der Waals surface area contributed by atoms with Crippen LogP contribution in [-0.4, -0.2) is 44.8 Å². The number of benzene rings is 1. The summed E-state index contributed by atoms with van der Waals surface area (Å²) in [4.78, 5) is 12.4. The lowest BCUT2D eigenvalue weighted by Crippen LogP contribution is -2.33. The first-order chi connectivity index (χ1) is 10.8. The predicted octanol–water partition coefficient (Wildman–Crippen LogP) is 1.35. The zero-order valence-electron chi connectivity index (χ0n) is 14.3. The molecule has 1 amide bonds. The summed E-state index contributed by atoms with van der Waals surface area (Å²) < 4.78 is 26.7. The maximum atomic E-state index is 12.7. The van der Waals surface area contributed by atoms with E-state index in [-0.39, 0.29) is 16.7 Å². The number of sulfonamides is 1. The Kier molecular flexibility index (Phi) is 7.18. The summed E-state index contributed by atoms with van der Waals surface area (Å²) in [5, 5.41) is 2.78.